The zero-order chi connectivity index (χ0) is 17.2. The first-order chi connectivity index (χ1) is 11.0. The molecule has 7 nitrogen and oxygen atoms in total. The van der Waals surface area contributed by atoms with Crippen molar-refractivity contribution in [2.45, 2.75) is 52.0 Å². The van der Waals surface area contributed by atoms with Gasteiger partial charge in [0.05, 0.1) is 6.61 Å². The van der Waals surface area contributed by atoms with Gasteiger partial charge in [0, 0.05) is 38.5 Å². The Morgan fingerprint density at radius 3 is 2.48 bits per heavy atom. The molecule has 1 aliphatic heterocycles. The van der Waals surface area contributed by atoms with Crippen molar-refractivity contribution < 1.29 is 24.2 Å². The van der Waals surface area contributed by atoms with Crippen molar-refractivity contribution in [3.05, 3.63) is 0 Å². The minimum absolute atomic E-state index is 0.0262. The van der Waals surface area contributed by atoms with Crippen LogP contribution in [-0.4, -0.2) is 60.1 Å². The van der Waals surface area contributed by atoms with Crippen molar-refractivity contribution >= 4 is 17.8 Å². The average molecular weight is 328 g/mol. The van der Waals surface area contributed by atoms with E-state index in [1.807, 2.05) is 13.8 Å². The lowest BCUT2D eigenvalue weighted by molar-refractivity contribution is -0.145. The first-order valence-electron chi connectivity index (χ1n) is 8.37. The second-order valence-corrected chi connectivity index (χ2v) is 5.78. The Kier molecular flexibility index (Phi) is 8.61. The lowest BCUT2D eigenvalue weighted by Gasteiger charge is -2.28. The fraction of sp³-hybridized carbons (Fsp3) is 0.812. The Hall–Kier alpha value is -1.63. The number of carboxylic acid groups (broad SMARTS) is 1. The van der Waals surface area contributed by atoms with E-state index in [1.54, 1.807) is 4.90 Å². The molecular weight excluding hydrogens is 300 g/mol. The maximum atomic E-state index is 12.0. The van der Waals surface area contributed by atoms with Gasteiger partial charge in [-0.15, -0.1) is 0 Å². The normalized spacial score (nSPS) is 19.0. The van der Waals surface area contributed by atoms with Gasteiger partial charge < -0.3 is 20.1 Å². The zero-order valence-corrected chi connectivity index (χ0v) is 14.0. The third-order valence-corrected chi connectivity index (χ3v) is 4.16. The Bertz CT molecular complexity index is 403. The number of hydrogen-bond donors (Lipinski definition) is 2. The molecule has 0 saturated carbocycles. The molecular formula is C16H28N2O5. The molecule has 0 aromatic rings. The van der Waals surface area contributed by atoms with E-state index in [2.05, 4.69) is 5.32 Å². The molecule has 132 valence electrons. The number of carbonyl (C=O) groups is 3. The third kappa shape index (κ3) is 6.56. The molecule has 1 aliphatic rings. The number of amides is 2. The maximum Gasteiger partial charge on any atom is 0.326 e. The minimum Gasteiger partial charge on any atom is -0.480 e. The van der Waals surface area contributed by atoms with Crippen molar-refractivity contribution in [3.63, 3.8) is 0 Å². The average Bonchev–Trinajstić information content (AvgIpc) is 2.54. The molecule has 1 fully saturated rings. The van der Waals surface area contributed by atoms with Crippen LogP contribution in [0.25, 0.3) is 0 Å². The first-order valence-corrected chi connectivity index (χ1v) is 8.37. The van der Waals surface area contributed by atoms with Gasteiger partial charge in [-0.25, -0.2) is 4.79 Å². The molecule has 2 atom stereocenters. The molecule has 2 amide bonds. The van der Waals surface area contributed by atoms with Crippen LogP contribution in [0.4, 0.5) is 0 Å². The largest absolute Gasteiger partial charge is 0.480 e. The van der Waals surface area contributed by atoms with E-state index in [-0.39, 0.29) is 24.2 Å². The molecule has 1 saturated heterocycles. The SMILES string of the molecule is CCN(CC)C(=O)CCCC(=O)NC(C(=O)O)C1CCCOC1. The highest BCUT2D eigenvalue weighted by Crippen LogP contribution is 2.18. The molecule has 0 radical (unpaired) electrons. The van der Waals surface area contributed by atoms with Crippen molar-refractivity contribution in [1.29, 1.82) is 0 Å². The van der Waals surface area contributed by atoms with Gasteiger partial charge in [-0.2, -0.15) is 0 Å². The van der Waals surface area contributed by atoms with E-state index in [1.165, 1.54) is 0 Å². The predicted octanol–water partition coefficient (Wildman–Crippen LogP) is 1.02. The Balaban J connectivity index is 2.38. The van der Waals surface area contributed by atoms with Crippen LogP contribution in [0, 0.1) is 5.92 Å². The van der Waals surface area contributed by atoms with Gasteiger partial charge in [0.1, 0.15) is 6.04 Å². The molecule has 7 heteroatoms. The summed E-state index contributed by atoms with van der Waals surface area (Å²) in [5.41, 5.74) is 0. The van der Waals surface area contributed by atoms with Crippen LogP contribution < -0.4 is 5.32 Å². The summed E-state index contributed by atoms with van der Waals surface area (Å²) in [6, 6.07) is -0.915. The van der Waals surface area contributed by atoms with Crippen LogP contribution in [0.1, 0.15) is 46.0 Å². The maximum absolute atomic E-state index is 12.0. The van der Waals surface area contributed by atoms with E-state index in [9.17, 15) is 19.5 Å². The summed E-state index contributed by atoms with van der Waals surface area (Å²) in [4.78, 5) is 36.9. The summed E-state index contributed by atoms with van der Waals surface area (Å²) in [6.07, 6.45) is 2.43. The van der Waals surface area contributed by atoms with Crippen LogP contribution in [0.3, 0.4) is 0 Å². The number of nitrogens with zero attached hydrogens (tertiary/aromatic N) is 1. The Morgan fingerprint density at radius 2 is 1.96 bits per heavy atom. The number of aliphatic carboxylic acids is 1. The van der Waals surface area contributed by atoms with E-state index in [0.29, 0.717) is 39.1 Å². The molecule has 1 rings (SSSR count). The predicted molar refractivity (Wildman–Crippen MR) is 84.9 cm³/mol. The summed E-state index contributed by atoms with van der Waals surface area (Å²) in [5, 5.41) is 11.9. The van der Waals surface area contributed by atoms with E-state index < -0.39 is 12.0 Å². The van der Waals surface area contributed by atoms with Crippen molar-refractivity contribution in [1.82, 2.24) is 10.2 Å². The van der Waals surface area contributed by atoms with Gasteiger partial charge in [0.15, 0.2) is 0 Å². The Morgan fingerprint density at radius 1 is 1.26 bits per heavy atom. The highest BCUT2D eigenvalue weighted by Gasteiger charge is 2.31. The molecule has 0 bridgehead atoms. The summed E-state index contributed by atoms with van der Waals surface area (Å²) in [7, 11) is 0. The molecule has 0 aromatic heterocycles. The molecule has 0 aliphatic carbocycles. The highest BCUT2D eigenvalue weighted by atomic mass is 16.5. The number of carboxylic acids is 1. The lowest BCUT2D eigenvalue weighted by atomic mass is 9.93. The number of rotatable bonds is 9. The van der Waals surface area contributed by atoms with Crippen LogP contribution in [0.5, 0.6) is 0 Å². The number of ether oxygens (including phenoxy) is 1. The van der Waals surface area contributed by atoms with Crippen LogP contribution in [0.2, 0.25) is 0 Å². The summed E-state index contributed by atoms with van der Waals surface area (Å²) in [6.45, 7) is 6.15. The summed E-state index contributed by atoms with van der Waals surface area (Å²) >= 11 is 0. The van der Waals surface area contributed by atoms with Crippen molar-refractivity contribution in [3.8, 4) is 0 Å². The van der Waals surface area contributed by atoms with Gasteiger partial charge >= 0.3 is 5.97 Å². The van der Waals surface area contributed by atoms with E-state index >= 15 is 0 Å². The quantitative estimate of drug-likeness (QED) is 0.659. The van der Waals surface area contributed by atoms with E-state index in [0.717, 1.165) is 12.8 Å². The zero-order valence-electron chi connectivity index (χ0n) is 14.0. The smallest absolute Gasteiger partial charge is 0.326 e. The molecule has 2 unspecified atom stereocenters. The van der Waals surface area contributed by atoms with Gasteiger partial charge in [0.25, 0.3) is 0 Å². The lowest BCUT2D eigenvalue weighted by Crippen LogP contribution is -2.48. The molecule has 2 N–H and O–H groups in total. The molecule has 1 heterocycles. The van der Waals surface area contributed by atoms with Crippen LogP contribution in [0.15, 0.2) is 0 Å². The van der Waals surface area contributed by atoms with Gasteiger partial charge in [0.2, 0.25) is 11.8 Å². The van der Waals surface area contributed by atoms with Crippen molar-refractivity contribution in [2.75, 3.05) is 26.3 Å². The van der Waals surface area contributed by atoms with Crippen LogP contribution >= 0.6 is 0 Å². The second-order valence-electron chi connectivity index (χ2n) is 5.78. The second kappa shape index (κ2) is 10.2. The monoisotopic (exact) mass is 328 g/mol. The van der Waals surface area contributed by atoms with Crippen molar-refractivity contribution in [2.24, 2.45) is 5.92 Å². The summed E-state index contributed by atoms with van der Waals surface area (Å²) < 4.78 is 5.29. The van der Waals surface area contributed by atoms with Crippen LogP contribution in [-0.2, 0) is 19.1 Å². The highest BCUT2D eigenvalue weighted by molar-refractivity contribution is 5.84. The topological polar surface area (TPSA) is 95.9 Å². The van der Waals surface area contributed by atoms with Gasteiger partial charge in [-0.1, -0.05) is 0 Å². The minimum atomic E-state index is -1.03. The van der Waals surface area contributed by atoms with Gasteiger partial charge in [-0.05, 0) is 33.1 Å². The standard InChI is InChI=1S/C16H28N2O5/c1-3-18(4-2)14(20)9-5-8-13(19)17-15(16(21)22)12-7-6-10-23-11-12/h12,15H,3-11H2,1-2H3,(H,17,19)(H,21,22). The third-order valence-electron chi connectivity index (χ3n) is 4.16. The molecule has 0 aromatic carbocycles. The van der Waals surface area contributed by atoms with Gasteiger partial charge in [-0.3, -0.25) is 9.59 Å². The fourth-order valence-electron chi connectivity index (χ4n) is 2.79. The number of carbonyl (C=O) groups excluding carboxylic acids is 2. The summed E-state index contributed by atoms with van der Waals surface area (Å²) in [5.74, 6) is -1.52. The van der Waals surface area contributed by atoms with E-state index in [4.69, 9.17) is 4.74 Å². The first kappa shape index (κ1) is 19.4. The number of nitrogens with one attached hydrogen (secondary N) is 1. The molecule has 0 spiro atoms. The fourth-order valence-corrected chi connectivity index (χ4v) is 2.79. The molecule has 23 heavy (non-hydrogen) atoms. The Labute approximate surface area is 137 Å². The number of hydrogen-bond acceptors (Lipinski definition) is 4.